The molecule has 0 aliphatic carbocycles. The molecule has 1 aromatic carbocycles. The van der Waals surface area contributed by atoms with Gasteiger partial charge in [-0.3, -0.25) is 0 Å². The molecule has 0 aliphatic heterocycles. The molecule has 1 aromatic heterocycles. The Balaban J connectivity index is 1.90. The molecule has 0 fully saturated rings. The highest BCUT2D eigenvalue weighted by Gasteiger charge is 2.02. The summed E-state index contributed by atoms with van der Waals surface area (Å²) in [6.45, 7) is 0.984. The highest BCUT2D eigenvalue weighted by molar-refractivity contribution is 6.34. The van der Waals surface area contributed by atoms with Gasteiger partial charge in [-0.15, -0.1) is 0 Å². The maximum absolute atomic E-state index is 6.01. The van der Waals surface area contributed by atoms with E-state index < -0.39 is 0 Å². The normalized spacial score (nSPS) is 10.5. The molecule has 0 amide bonds. The molecule has 0 atom stereocenters. The van der Waals surface area contributed by atoms with Gasteiger partial charge in [0.2, 0.25) is 0 Å². The first-order valence-electron chi connectivity index (χ1n) is 5.17. The second kappa shape index (κ2) is 6.01. The van der Waals surface area contributed by atoms with E-state index in [9.17, 15) is 0 Å². The molecule has 4 heteroatoms. The van der Waals surface area contributed by atoms with Gasteiger partial charge < -0.3 is 4.74 Å². The molecule has 2 aromatic rings. The lowest BCUT2D eigenvalue weighted by molar-refractivity contribution is 0.107. The van der Waals surface area contributed by atoms with E-state index in [1.54, 1.807) is 12.3 Å². The van der Waals surface area contributed by atoms with Crippen LogP contribution >= 0.6 is 23.2 Å². The van der Waals surface area contributed by atoms with E-state index in [1.807, 2.05) is 30.3 Å². The van der Waals surface area contributed by atoms with Crippen molar-refractivity contribution in [1.29, 1.82) is 0 Å². The number of halogens is 2. The highest BCUT2D eigenvalue weighted by atomic mass is 35.5. The third kappa shape index (κ3) is 3.70. The molecule has 0 aliphatic rings. The third-order valence-corrected chi connectivity index (χ3v) is 2.82. The molecule has 0 radical (unpaired) electrons. The monoisotopic (exact) mass is 267 g/mol. The van der Waals surface area contributed by atoms with Gasteiger partial charge >= 0.3 is 0 Å². The van der Waals surface area contributed by atoms with Crippen molar-refractivity contribution < 1.29 is 4.74 Å². The van der Waals surface area contributed by atoms with Crippen molar-refractivity contribution in [2.45, 2.75) is 13.2 Å². The van der Waals surface area contributed by atoms with E-state index in [0.29, 0.717) is 23.4 Å². The molecule has 88 valence electrons. The number of nitrogens with zero attached hydrogens (tertiary/aromatic N) is 1. The van der Waals surface area contributed by atoms with Crippen LogP contribution in [-0.4, -0.2) is 4.98 Å². The van der Waals surface area contributed by atoms with E-state index in [0.717, 1.165) is 11.1 Å². The van der Waals surface area contributed by atoms with Crippen molar-refractivity contribution in [2.75, 3.05) is 0 Å². The third-order valence-electron chi connectivity index (χ3n) is 2.27. The minimum Gasteiger partial charge on any atom is -0.372 e. The Bertz CT molecular complexity index is 488. The van der Waals surface area contributed by atoms with Crippen LogP contribution in [0.5, 0.6) is 0 Å². The fraction of sp³-hybridized carbons (Fsp3) is 0.154. The summed E-state index contributed by atoms with van der Waals surface area (Å²) in [5.41, 5.74) is 1.97. The number of benzene rings is 1. The van der Waals surface area contributed by atoms with Crippen molar-refractivity contribution in [3.63, 3.8) is 0 Å². The quantitative estimate of drug-likeness (QED) is 0.778. The Kier molecular flexibility index (Phi) is 4.37. The number of rotatable bonds is 4. The van der Waals surface area contributed by atoms with Gasteiger partial charge in [-0.1, -0.05) is 53.5 Å². The lowest BCUT2D eigenvalue weighted by Gasteiger charge is -2.06. The van der Waals surface area contributed by atoms with Crippen LogP contribution in [0.4, 0.5) is 0 Å². The molecule has 2 rings (SSSR count). The molecule has 0 bridgehead atoms. The van der Waals surface area contributed by atoms with E-state index in [-0.39, 0.29) is 0 Å². The Labute approximate surface area is 110 Å². The first kappa shape index (κ1) is 12.4. The van der Waals surface area contributed by atoms with E-state index >= 15 is 0 Å². The summed E-state index contributed by atoms with van der Waals surface area (Å²) in [5.74, 6) is 0. The summed E-state index contributed by atoms with van der Waals surface area (Å²) in [4.78, 5) is 3.97. The molecule has 0 saturated heterocycles. The summed E-state index contributed by atoms with van der Waals surface area (Å²) >= 11 is 11.7. The van der Waals surface area contributed by atoms with Gasteiger partial charge in [0, 0.05) is 11.8 Å². The maximum Gasteiger partial charge on any atom is 0.130 e. The van der Waals surface area contributed by atoms with E-state index in [4.69, 9.17) is 27.9 Å². The van der Waals surface area contributed by atoms with Crippen molar-refractivity contribution in [3.05, 3.63) is 63.9 Å². The Morgan fingerprint density at radius 1 is 1.06 bits per heavy atom. The first-order valence-corrected chi connectivity index (χ1v) is 5.93. The fourth-order valence-electron chi connectivity index (χ4n) is 1.40. The SMILES string of the molecule is Clc1cc(Cl)c(COCc2ccccc2)cn1. The lowest BCUT2D eigenvalue weighted by atomic mass is 10.2. The van der Waals surface area contributed by atoms with Crippen LogP contribution in [0, 0.1) is 0 Å². The van der Waals surface area contributed by atoms with Crippen molar-refractivity contribution in [3.8, 4) is 0 Å². The molecule has 0 saturated carbocycles. The average Bonchev–Trinajstić information content (AvgIpc) is 2.33. The van der Waals surface area contributed by atoms with Gasteiger partial charge in [-0.05, 0) is 11.6 Å². The first-order chi connectivity index (χ1) is 8.25. The second-order valence-electron chi connectivity index (χ2n) is 3.58. The van der Waals surface area contributed by atoms with Gasteiger partial charge in [0.05, 0.1) is 18.2 Å². The van der Waals surface area contributed by atoms with Crippen LogP contribution in [0.1, 0.15) is 11.1 Å². The Morgan fingerprint density at radius 2 is 1.82 bits per heavy atom. The molecule has 17 heavy (non-hydrogen) atoms. The fourth-order valence-corrected chi connectivity index (χ4v) is 1.82. The topological polar surface area (TPSA) is 22.1 Å². The van der Waals surface area contributed by atoms with Crippen LogP contribution in [0.25, 0.3) is 0 Å². The predicted molar refractivity (Wildman–Crippen MR) is 69.2 cm³/mol. The van der Waals surface area contributed by atoms with Crippen molar-refractivity contribution >= 4 is 23.2 Å². The summed E-state index contributed by atoms with van der Waals surface area (Å²) in [7, 11) is 0. The zero-order valence-electron chi connectivity index (χ0n) is 9.07. The van der Waals surface area contributed by atoms with Crippen LogP contribution < -0.4 is 0 Å². The summed E-state index contributed by atoms with van der Waals surface area (Å²) in [6, 6.07) is 11.6. The van der Waals surface area contributed by atoms with Crippen LogP contribution in [-0.2, 0) is 18.0 Å². The molecule has 2 nitrogen and oxygen atoms in total. The average molecular weight is 268 g/mol. The lowest BCUT2D eigenvalue weighted by Crippen LogP contribution is -1.95. The van der Waals surface area contributed by atoms with Gasteiger partial charge in [-0.2, -0.15) is 0 Å². The maximum atomic E-state index is 6.01. The number of hydrogen-bond donors (Lipinski definition) is 0. The molecule has 0 N–H and O–H groups in total. The largest absolute Gasteiger partial charge is 0.372 e. The zero-order chi connectivity index (χ0) is 12.1. The minimum absolute atomic E-state index is 0.391. The summed E-state index contributed by atoms with van der Waals surface area (Å²) in [6.07, 6.45) is 1.63. The molecule has 0 unspecified atom stereocenters. The predicted octanol–water partition coefficient (Wildman–Crippen LogP) is 4.11. The van der Waals surface area contributed by atoms with Gasteiger partial charge in [-0.25, -0.2) is 4.98 Å². The molecule has 1 heterocycles. The van der Waals surface area contributed by atoms with Crippen molar-refractivity contribution in [2.24, 2.45) is 0 Å². The van der Waals surface area contributed by atoms with Crippen LogP contribution in [0.3, 0.4) is 0 Å². The molecular weight excluding hydrogens is 257 g/mol. The second-order valence-corrected chi connectivity index (χ2v) is 4.37. The van der Waals surface area contributed by atoms with Crippen LogP contribution in [0.2, 0.25) is 10.2 Å². The molecule has 0 spiro atoms. The summed E-state index contributed by atoms with van der Waals surface area (Å²) < 4.78 is 5.56. The minimum atomic E-state index is 0.391. The zero-order valence-corrected chi connectivity index (χ0v) is 10.6. The summed E-state index contributed by atoms with van der Waals surface area (Å²) in [5, 5.41) is 0.972. The standard InChI is InChI=1S/C13H11Cl2NO/c14-12-6-13(15)16-7-11(12)9-17-8-10-4-2-1-3-5-10/h1-7H,8-9H2. The Hall–Kier alpha value is -1.09. The van der Waals surface area contributed by atoms with E-state index in [1.165, 1.54) is 0 Å². The smallest absolute Gasteiger partial charge is 0.130 e. The van der Waals surface area contributed by atoms with E-state index in [2.05, 4.69) is 4.98 Å². The van der Waals surface area contributed by atoms with Crippen molar-refractivity contribution in [1.82, 2.24) is 4.98 Å². The number of hydrogen-bond acceptors (Lipinski definition) is 2. The van der Waals surface area contributed by atoms with Gasteiger partial charge in [0.1, 0.15) is 5.15 Å². The number of aromatic nitrogens is 1. The number of pyridine rings is 1. The van der Waals surface area contributed by atoms with Gasteiger partial charge in [0.25, 0.3) is 0 Å². The van der Waals surface area contributed by atoms with Crippen LogP contribution in [0.15, 0.2) is 42.6 Å². The Morgan fingerprint density at radius 3 is 2.53 bits per heavy atom. The van der Waals surface area contributed by atoms with Gasteiger partial charge in [0.15, 0.2) is 0 Å². The highest BCUT2D eigenvalue weighted by Crippen LogP contribution is 2.19. The number of ether oxygens (including phenoxy) is 1. The molecular formula is C13H11Cl2NO.